The van der Waals surface area contributed by atoms with Crippen molar-refractivity contribution in [2.75, 3.05) is 58.2 Å². The molecule has 8 bridgehead atoms. The maximum atomic E-state index is 12.7. The van der Waals surface area contributed by atoms with Gasteiger partial charge in [0.15, 0.2) is 0 Å². The van der Waals surface area contributed by atoms with E-state index in [9.17, 15) is 4.79 Å². The molecule has 0 saturated carbocycles. The number of piperazine rings is 1. The number of ether oxygens (including phenoxy) is 1. The monoisotopic (exact) mass is 472 g/mol. The number of hydrogen-bond acceptors (Lipinski definition) is 7. The maximum absolute atomic E-state index is 12.7. The predicted molar refractivity (Wildman–Crippen MR) is 137 cm³/mol. The van der Waals surface area contributed by atoms with Crippen LogP contribution in [0.2, 0.25) is 0 Å². The Labute approximate surface area is 206 Å². The van der Waals surface area contributed by atoms with Gasteiger partial charge < -0.3 is 15.0 Å². The molecule has 0 atom stereocenters. The minimum atomic E-state index is 0.161. The van der Waals surface area contributed by atoms with E-state index in [1.54, 1.807) is 4.90 Å². The van der Waals surface area contributed by atoms with Gasteiger partial charge in [0.05, 0.1) is 13.2 Å². The van der Waals surface area contributed by atoms with Crippen LogP contribution < -0.4 is 10.1 Å². The first-order valence-corrected chi connectivity index (χ1v) is 12.2. The van der Waals surface area contributed by atoms with E-state index in [2.05, 4.69) is 49.4 Å². The Balaban J connectivity index is 1.36. The fourth-order valence-corrected chi connectivity index (χ4v) is 4.49. The third-order valence-corrected chi connectivity index (χ3v) is 6.57. The van der Waals surface area contributed by atoms with Crippen molar-refractivity contribution in [2.45, 2.75) is 13.0 Å². The summed E-state index contributed by atoms with van der Waals surface area (Å²) in [5, 5.41) is 3.45. The number of carbonyl (C=O) groups is 1. The quantitative estimate of drug-likeness (QED) is 0.538. The number of nitrogens with one attached hydrogen (secondary N) is 1. The van der Waals surface area contributed by atoms with Crippen molar-refractivity contribution in [1.29, 1.82) is 0 Å². The molecule has 0 radical (unpaired) electrons. The molecule has 1 fully saturated rings. The fourth-order valence-electron chi connectivity index (χ4n) is 4.49. The molecule has 7 heterocycles. The Morgan fingerprint density at radius 3 is 2.51 bits per heavy atom. The van der Waals surface area contributed by atoms with Crippen LogP contribution in [0, 0.1) is 0 Å². The van der Waals surface area contributed by atoms with Gasteiger partial charge in [0.2, 0.25) is 11.8 Å². The molecule has 0 unspecified atom stereocenters. The largest absolute Gasteiger partial charge is 0.478 e. The van der Waals surface area contributed by atoms with Gasteiger partial charge in [0.25, 0.3) is 0 Å². The van der Waals surface area contributed by atoms with Gasteiger partial charge in [-0.1, -0.05) is 12.1 Å². The van der Waals surface area contributed by atoms with Gasteiger partial charge in [-0.25, -0.2) is 9.97 Å². The number of carbonyl (C=O) groups excluding carboxylic acids is 1. The van der Waals surface area contributed by atoms with Crippen molar-refractivity contribution in [2.24, 2.45) is 0 Å². The zero-order chi connectivity index (χ0) is 24.0. The molecule has 182 valence electrons. The number of rotatable bonds is 0. The summed E-state index contributed by atoms with van der Waals surface area (Å²) in [6, 6.07) is 16.4. The van der Waals surface area contributed by atoms with E-state index >= 15 is 0 Å². The zero-order valence-corrected chi connectivity index (χ0v) is 20.2. The molecule has 0 aliphatic carbocycles. The Kier molecular flexibility index (Phi) is 7.20. The summed E-state index contributed by atoms with van der Waals surface area (Å²) in [4.78, 5) is 28.2. The molecule has 5 aliphatic heterocycles. The highest BCUT2D eigenvalue weighted by Crippen LogP contribution is 2.24. The number of benzene rings is 1. The fraction of sp³-hybridized carbons (Fsp3) is 0.370. The van der Waals surface area contributed by atoms with Crippen LogP contribution in [0.1, 0.15) is 12.0 Å². The van der Waals surface area contributed by atoms with Crippen LogP contribution >= 0.6 is 0 Å². The van der Waals surface area contributed by atoms with Gasteiger partial charge in [-0.15, -0.1) is 0 Å². The molecule has 8 heteroatoms. The lowest BCUT2D eigenvalue weighted by Crippen LogP contribution is -2.49. The van der Waals surface area contributed by atoms with Gasteiger partial charge in [-0.2, -0.15) is 0 Å². The summed E-state index contributed by atoms with van der Waals surface area (Å²) in [6.07, 6.45) is 4.39. The molecule has 1 N–H and O–H groups in total. The van der Waals surface area contributed by atoms with E-state index in [1.165, 1.54) is 5.56 Å². The second-order valence-corrected chi connectivity index (χ2v) is 9.21. The summed E-state index contributed by atoms with van der Waals surface area (Å²) < 4.78 is 5.81. The molecular weight excluding hydrogens is 440 g/mol. The van der Waals surface area contributed by atoms with Gasteiger partial charge in [-0.05, 0) is 47.9 Å². The lowest BCUT2D eigenvalue weighted by Gasteiger charge is -2.35. The van der Waals surface area contributed by atoms with E-state index in [0.717, 1.165) is 61.8 Å². The topological polar surface area (TPSA) is 73.8 Å². The minimum absolute atomic E-state index is 0.161. The highest BCUT2D eigenvalue weighted by Gasteiger charge is 2.20. The van der Waals surface area contributed by atoms with Crippen LogP contribution in [-0.4, -0.2) is 83.5 Å². The number of pyridine rings is 2. The van der Waals surface area contributed by atoms with Crippen molar-refractivity contribution < 1.29 is 9.53 Å². The van der Waals surface area contributed by atoms with Gasteiger partial charge in [-0.3, -0.25) is 14.6 Å². The summed E-state index contributed by atoms with van der Waals surface area (Å²) in [5.41, 5.74) is 4.31. The van der Waals surface area contributed by atoms with Gasteiger partial charge in [0, 0.05) is 76.0 Å². The van der Waals surface area contributed by atoms with E-state index < -0.39 is 0 Å². The van der Waals surface area contributed by atoms with E-state index in [1.807, 2.05) is 43.7 Å². The van der Waals surface area contributed by atoms with Crippen LogP contribution in [0.5, 0.6) is 5.88 Å². The van der Waals surface area contributed by atoms with E-state index in [4.69, 9.17) is 4.74 Å². The average Bonchev–Trinajstić information content (AvgIpc) is 2.88. The first kappa shape index (κ1) is 23.3. The summed E-state index contributed by atoms with van der Waals surface area (Å²) in [5.74, 6) is 1.54. The van der Waals surface area contributed by atoms with E-state index in [0.29, 0.717) is 25.6 Å². The SMILES string of the molecule is CN1CCCOc2ccc(cn2)-c2ccnc(c2)Nc2cccc(c2)CN2CCN(CC2)CC1=O. The van der Waals surface area contributed by atoms with E-state index in [-0.39, 0.29) is 5.91 Å². The van der Waals surface area contributed by atoms with Crippen molar-refractivity contribution >= 4 is 17.4 Å². The van der Waals surface area contributed by atoms with Crippen LogP contribution in [-0.2, 0) is 11.3 Å². The number of hydrogen-bond donors (Lipinski definition) is 1. The molecule has 3 aromatic rings. The van der Waals surface area contributed by atoms with Crippen LogP contribution in [0.25, 0.3) is 11.1 Å². The van der Waals surface area contributed by atoms with Crippen LogP contribution in [0.15, 0.2) is 60.9 Å². The third-order valence-electron chi connectivity index (χ3n) is 6.57. The smallest absolute Gasteiger partial charge is 0.236 e. The molecule has 8 rings (SSSR count). The first-order chi connectivity index (χ1) is 17.1. The number of nitrogens with zero attached hydrogens (tertiary/aromatic N) is 5. The molecule has 1 amide bonds. The highest BCUT2D eigenvalue weighted by atomic mass is 16.5. The first-order valence-electron chi connectivity index (χ1n) is 12.2. The number of likely N-dealkylation sites (N-methyl/N-ethyl adjacent to an activating group) is 1. The number of anilines is 2. The Bertz CT molecular complexity index is 1140. The number of aromatic nitrogens is 2. The van der Waals surface area contributed by atoms with Crippen molar-refractivity contribution in [1.82, 2.24) is 24.7 Å². The zero-order valence-electron chi connectivity index (χ0n) is 20.2. The number of amides is 1. The lowest BCUT2D eigenvalue weighted by atomic mass is 10.1. The molecule has 1 saturated heterocycles. The second kappa shape index (κ2) is 10.8. The maximum Gasteiger partial charge on any atom is 0.236 e. The lowest BCUT2D eigenvalue weighted by molar-refractivity contribution is -0.131. The Morgan fingerprint density at radius 1 is 0.886 bits per heavy atom. The molecule has 2 aromatic heterocycles. The Hall–Kier alpha value is -3.49. The summed E-state index contributed by atoms with van der Waals surface area (Å²) in [6.45, 7) is 6.26. The van der Waals surface area contributed by atoms with Crippen molar-refractivity contribution in [3.8, 4) is 17.0 Å². The molecular formula is C27H32N6O2. The molecule has 1 aromatic carbocycles. The minimum Gasteiger partial charge on any atom is -0.478 e. The highest BCUT2D eigenvalue weighted by molar-refractivity contribution is 5.78. The van der Waals surface area contributed by atoms with Crippen LogP contribution in [0.3, 0.4) is 0 Å². The Morgan fingerprint density at radius 2 is 1.71 bits per heavy atom. The van der Waals surface area contributed by atoms with Crippen molar-refractivity contribution in [3.05, 3.63) is 66.5 Å². The molecule has 0 spiro atoms. The van der Waals surface area contributed by atoms with Gasteiger partial charge >= 0.3 is 0 Å². The summed E-state index contributed by atoms with van der Waals surface area (Å²) in [7, 11) is 1.87. The third kappa shape index (κ3) is 6.15. The standard InChI is InChI=1S/C27H32N6O2/c1-31-10-3-15-35-26-7-6-23(18-29-26)22-8-9-28-25(17-22)30-24-5-2-4-21(16-24)19-32-11-13-33(14-12-32)20-27(31)34/h2,4-9,16-18H,3,10-15,19-20H2,1H3,(H,28,30). The second-order valence-electron chi connectivity index (χ2n) is 9.21. The predicted octanol–water partition coefficient (Wildman–Crippen LogP) is 3.25. The molecule has 8 nitrogen and oxygen atoms in total. The van der Waals surface area contributed by atoms with Crippen LogP contribution in [0.4, 0.5) is 11.5 Å². The molecule has 35 heavy (non-hydrogen) atoms. The molecule has 5 aliphatic rings. The normalized spacial score (nSPS) is 21.3. The average molecular weight is 473 g/mol. The summed E-state index contributed by atoms with van der Waals surface area (Å²) >= 11 is 0. The van der Waals surface area contributed by atoms with Crippen molar-refractivity contribution in [3.63, 3.8) is 0 Å². The van der Waals surface area contributed by atoms with Gasteiger partial charge in [0.1, 0.15) is 5.82 Å².